The molecule has 0 heterocycles. The van der Waals surface area contributed by atoms with E-state index in [1.54, 1.807) is 18.2 Å². The SMILES string of the molecule is C[Si](C)(C)c1c(Cl)cccc1B(O)O. The van der Waals surface area contributed by atoms with Gasteiger partial charge in [-0.05, 0) is 16.7 Å². The first-order valence-electron chi connectivity index (χ1n) is 4.49. The van der Waals surface area contributed by atoms with Crippen molar-refractivity contribution in [2.75, 3.05) is 0 Å². The highest BCUT2D eigenvalue weighted by Gasteiger charge is 2.27. The van der Waals surface area contributed by atoms with Crippen LogP contribution >= 0.6 is 11.6 Å². The highest BCUT2D eigenvalue weighted by Crippen LogP contribution is 2.10. The van der Waals surface area contributed by atoms with Crippen LogP contribution in [0.15, 0.2) is 18.2 Å². The predicted octanol–water partition coefficient (Wildman–Crippen LogP) is 0.565. The molecule has 0 saturated carbocycles. The number of halogens is 1. The molecule has 0 fully saturated rings. The second kappa shape index (κ2) is 4.06. The number of hydrogen-bond donors (Lipinski definition) is 2. The van der Waals surface area contributed by atoms with E-state index in [-0.39, 0.29) is 0 Å². The number of hydrogen-bond acceptors (Lipinski definition) is 2. The highest BCUT2D eigenvalue weighted by molar-refractivity contribution is 6.93. The summed E-state index contributed by atoms with van der Waals surface area (Å²) in [5.74, 6) is 0. The van der Waals surface area contributed by atoms with Crippen LogP contribution < -0.4 is 10.6 Å². The lowest BCUT2D eigenvalue weighted by Crippen LogP contribution is -2.53. The Bertz CT molecular complexity index is 336. The third kappa shape index (κ3) is 2.39. The maximum absolute atomic E-state index is 9.21. The molecule has 1 rings (SSSR count). The van der Waals surface area contributed by atoms with Gasteiger partial charge in [-0.25, -0.2) is 0 Å². The molecule has 1 aromatic carbocycles. The van der Waals surface area contributed by atoms with Gasteiger partial charge in [0, 0.05) is 5.02 Å². The van der Waals surface area contributed by atoms with Crippen LogP contribution in [0.5, 0.6) is 0 Å². The Hall–Kier alpha value is -0.288. The van der Waals surface area contributed by atoms with Gasteiger partial charge in [0.2, 0.25) is 0 Å². The van der Waals surface area contributed by atoms with Crippen molar-refractivity contribution in [3.05, 3.63) is 23.2 Å². The lowest BCUT2D eigenvalue weighted by molar-refractivity contribution is 0.426. The van der Waals surface area contributed by atoms with Crippen molar-refractivity contribution in [3.8, 4) is 0 Å². The van der Waals surface area contributed by atoms with Crippen LogP contribution in [0.25, 0.3) is 0 Å². The van der Waals surface area contributed by atoms with Crippen LogP contribution in [0.1, 0.15) is 0 Å². The molecule has 0 aliphatic rings. The van der Waals surface area contributed by atoms with Crippen LogP contribution in [0.2, 0.25) is 24.7 Å². The minimum Gasteiger partial charge on any atom is -0.423 e. The fourth-order valence-electron chi connectivity index (χ4n) is 1.55. The second-order valence-corrected chi connectivity index (χ2v) is 9.73. The van der Waals surface area contributed by atoms with Gasteiger partial charge in [-0.15, -0.1) is 0 Å². The molecule has 0 aliphatic carbocycles. The first-order valence-corrected chi connectivity index (χ1v) is 8.37. The highest BCUT2D eigenvalue weighted by atomic mass is 35.5. The average Bonchev–Trinajstić information content (AvgIpc) is 2.01. The molecule has 0 aliphatic heterocycles. The standard InChI is InChI=1S/C9H14BClO2Si/c1-14(2,3)9-7(10(12)13)5-4-6-8(9)11/h4-6,12-13H,1-3H3. The zero-order valence-corrected chi connectivity index (χ0v) is 10.3. The molecule has 0 spiro atoms. The van der Waals surface area contributed by atoms with Gasteiger partial charge in [0.15, 0.2) is 0 Å². The zero-order valence-electron chi connectivity index (χ0n) is 8.58. The van der Waals surface area contributed by atoms with Crippen LogP contribution in [0.4, 0.5) is 0 Å². The van der Waals surface area contributed by atoms with E-state index in [2.05, 4.69) is 19.6 Å². The molecule has 5 heteroatoms. The fraction of sp³-hybridized carbons (Fsp3) is 0.333. The van der Waals surface area contributed by atoms with Crippen molar-refractivity contribution in [1.29, 1.82) is 0 Å². The van der Waals surface area contributed by atoms with Crippen molar-refractivity contribution >= 4 is 37.4 Å². The van der Waals surface area contributed by atoms with Crippen molar-refractivity contribution in [3.63, 3.8) is 0 Å². The first-order chi connectivity index (χ1) is 6.34. The minimum atomic E-state index is -1.64. The van der Waals surface area contributed by atoms with Crippen molar-refractivity contribution < 1.29 is 10.0 Å². The summed E-state index contributed by atoms with van der Waals surface area (Å²) in [5.41, 5.74) is 0.539. The van der Waals surface area contributed by atoms with Gasteiger partial charge in [-0.2, -0.15) is 0 Å². The van der Waals surface area contributed by atoms with E-state index >= 15 is 0 Å². The van der Waals surface area contributed by atoms with E-state index in [0.717, 1.165) is 5.19 Å². The summed E-state index contributed by atoms with van der Waals surface area (Å²) in [6, 6.07) is 5.24. The molecule has 1 aromatic rings. The summed E-state index contributed by atoms with van der Waals surface area (Å²) >= 11 is 6.07. The molecular formula is C9H14BClO2Si. The van der Waals surface area contributed by atoms with Gasteiger partial charge in [0.05, 0.1) is 8.07 Å². The normalized spacial score (nSPS) is 11.6. The molecule has 76 valence electrons. The van der Waals surface area contributed by atoms with E-state index in [0.29, 0.717) is 10.5 Å². The summed E-state index contributed by atoms with van der Waals surface area (Å²) < 4.78 is 0. The van der Waals surface area contributed by atoms with Crippen LogP contribution in [-0.4, -0.2) is 25.2 Å². The van der Waals surface area contributed by atoms with Crippen LogP contribution in [0, 0.1) is 0 Å². The average molecular weight is 229 g/mol. The fourth-order valence-corrected chi connectivity index (χ4v) is 4.46. The Morgan fingerprint density at radius 1 is 1.21 bits per heavy atom. The summed E-state index contributed by atoms with van der Waals surface area (Å²) in [6.07, 6.45) is 0. The third-order valence-electron chi connectivity index (χ3n) is 2.07. The zero-order chi connectivity index (χ0) is 10.9. The molecule has 0 aromatic heterocycles. The summed E-state index contributed by atoms with van der Waals surface area (Å²) in [4.78, 5) is 0. The largest absolute Gasteiger partial charge is 0.488 e. The topological polar surface area (TPSA) is 40.5 Å². The Labute approximate surface area is 90.7 Å². The van der Waals surface area contributed by atoms with Crippen molar-refractivity contribution in [2.45, 2.75) is 19.6 Å². The molecule has 14 heavy (non-hydrogen) atoms. The molecule has 0 unspecified atom stereocenters. The van der Waals surface area contributed by atoms with E-state index in [1.165, 1.54) is 0 Å². The molecule has 0 saturated heterocycles. The van der Waals surface area contributed by atoms with Crippen molar-refractivity contribution in [1.82, 2.24) is 0 Å². The molecular weight excluding hydrogens is 214 g/mol. The second-order valence-electron chi connectivity index (χ2n) is 4.33. The molecule has 2 N–H and O–H groups in total. The van der Waals surface area contributed by atoms with Crippen molar-refractivity contribution in [2.24, 2.45) is 0 Å². The lowest BCUT2D eigenvalue weighted by Gasteiger charge is -2.22. The maximum Gasteiger partial charge on any atom is 0.488 e. The van der Waals surface area contributed by atoms with Crippen LogP contribution in [-0.2, 0) is 0 Å². The number of benzene rings is 1. The summed E-state index contributed by atoms with van der Waals surface area (Å²) in [6.45, 7) is 6.38. The number of rotatable bonds is 2. The quantitative estimate of drug-likeness (QED) is 0.727. The monoisotopic (exact) mass is 228 g/mol. The Balaban J connectivity index is 3.38. The van der Waals surface area contributed by atoms with Gasteiger partial charge >= 0.3 is 7.12 Å². The maximum atomic E-state index is 9.21. The van der Waals surface area contributed by atoms with Crippen LogP contribution in [0.3, 0.4) is 0 Å². The van der Waals surface area contributed by atoms with E-state index in [4.69, 9.17) is 11.6 Å². The summed E-state index contributed by atoms with van der Waals surface area (Å²) in [7, 11) is -3.07. The Morgan fingerprint density at radius 3 is 2.14 bits per heavy atom. The molecule has 2 nitrogen and oxygen atoms in total. The van der Waals surface area contributed by atoms with E-state index in [1.807, 2.05) is 0 Å². The molecule has 0 amide bonds. The first kappa shape index (κ1) is 11.8. The van der Waals surface area contributed by atoms with E-state index < -0.39 is 15.2 Å². The Kier molecular flexibility index (Phi) is 3.42. The predicted molar refractivity (Wildman–Crippen MR) is 64.3 cm³/mol. The minimum absolute atomic E-state index is 0.539. The third-order valence-corrected chi connectivity index (χ3v) is 4.61. The van der Waals surface area contributed by atoms with Gasteiger partial charge < -0.3 is 10.0 Å². The lowest BCUT2D eigenvalue weighted by atomic mass is 9.80. The van der Waals surface area contributed by atoms with Gasteiger partial charge in [-0.1, -0.05) is 43.4 Å². The van der Waals surface area contributed by atoms with Gasteiger partial charge in [0.25, 0.3) is 0 Å². The molecule has 0 radical (unpaired) electrons. The summed E-state index contributed by atoms with van der Waals surface area (Å²) in [5, 5.41) is 20.0. The van der Waals surface area contributed by atoms with Gasteiger partial charge in [0.1, 0.15) is 0 Å². The van der Waals surface area contributed by atoms with E-state index in [9.17, 15) is 10.0 Å². The smallest absolute Gasteiger partial charge is 0.423 e. The Morgan fingerprint density at radius 2 is 1.79 bits per heavy atom. The molecule has 0 atom stereocenters. The molecule has 0 bridgehead atoms. The van der Waals surface area contributed by atoms with Gasteiger partial charge in [-0.3, -0.25) is 0 Å².